The lowest BCUT2D eigenvalue weighted by Gasteiger charge is -2.41. The van der Waals surface area contributed by atoms with E-state index in [1.807, 2.05) is 58.9 Å². The third kappa shape index (κ3) is 3.61. The van der Waals surface area contributed by atoms with Crippen molar-refractivity contribution in [2.75, 3.05) is 26.2 Å². The maximum absolute atomic E-state index is 14.2. The first-order valence-electron chi connectivity index (χ1n) is 12.8. The van der Waals surface area contributed by atoms with E-state index in [9.17, 15) is 19.5 Å². The third-order valence-electron chi connectivity index (χ3n) is 8.17. The number of carbonyl (C=O) groups excluding carboxylic acids is 3. The summed E-state index contributed by atoms with van der Waals surface area (Å²) >= 11 is 0. The highest BCUT2D eigenvalue weighted by molar-refractivity contribution is 6.00. The zero-order valence-corrected chi connectivity index (χ0v) is 21.0. The summed E-state index contributed by atoms with van der Waals surface area (Å²) in [5, 5.41) is 10.4. The van der Waals surface area contributed by atoms with Crippen molar-refractivity contribution in [2.45, 2.75) is 77.3 Å². The molecule has 2 saturated heterocycles. The van der Waals surface area contributed by atoms with Crippen LogP contribution in [0.4, 0.5) is 0 Å². The van der Waals surface area contributed by atoms with Crippen molar-refractivity contribution >= 4 is 17.7 Å². The molecule has 8 nitrogen and oxygen atoms in total. The Balaban J connectivity index is 1.87. The van der Waals surface area contributed by atoms with Crippen molar-refractivity contribution in [1.29, 1.82) is 0 Å². The number of nitrogens with zero attached hydrogens (tertiary/aromatic N) is 3. The molecule has 4 heterocycles. The number of ether oxygens (including phenoxy) is 1. The SMILES string of the molecule is CCCN1CC=C[C@@H]2O[C@]34C=CCN(C(C)C)C(=O)C3N([C@@H](CO)[C@@H](C)CC)C(=O)[C@@H]4[C@@H]2C1=O. The predicted molar refractivity (Wildman–Crippen MR) is 128 cm³/mol. The summed E-state index contributed by atoms with van der Waals surface area (Å²) in [6, 6.07) is -1.50. The van der Waals surface area contributed by atoms with Crippen LogP contribution in [0.1, 0.15) is 47.5 Å². The van der Waals surface area contributed by atoms with E-state index >= 15 is 0 Å². The maximum Gasteiger partial charge on any atom is 0.249 e. The molecule has 0 aromatic rings. The Morgan fingerprint density at radius 3 is 2.44 bits per heavy atom. The van der Waals surface area contributed by atoms with Gasteiger partial charge in [-0.25, -0.2) is 0 Å². The molecule has 0 aromatic heterocycles. The summed E-state index contributed by atoms with van der Waals surface area (Å²) in [5.41, 5.74) is -1.23. The molecule has 1 unspecified atom stereocenters. The molecule has 8 heteroatoms. The summed E-state index contributed by atoms with van der Waals surface area (Å²) < 4.78 is 6.63. The summed E-state index contributed by atoms with van der Waals surface area (Å²) in [6.45, 7) is 11.2. The topological polar surface area (TPSA) is 90.4 Å². The fourth-order valence-corrected chi connectivity index (χ4v) is 6.25. The van der Waals surface area contributed by atoms with Crippen LogP contribution in [0, 0.1) is 17.8 Å². The van der Waals surface area contributed by atoms with Crippen molar-refractivity contribution in [1.82, 2.24) is 14.7 Å². The molecule has 4 rings (SSSR count). The molecular formula is C26H39N3O5. The molecule has 0 bridgehead atoms. The lowest BCUT2D eigenvalue weighted by Crippen LogP contribution is -2.60. The van der Waals surface area contributed by atoms with Crippen LogP contribution < -0.4 is 0 Å². The predicted octanol–water partition coefficient (Wildman–Crippen LogP) is 1.59. The second kappa shape index (κ2) is 9.46. The number of amides is 3. The van der Waals surface area contributed by atoms with Crippen molar-refractivity contribution in [3.8, 4) is 0 Å². The van der Waals surface area contributed by atoms with E-state index in [0.29, 0.717) is 19.6 Å². The molecule has 3 amide bonds. The average molecular weight is 474 g/mol. The van der Waals surface area contributed by atoms with Gasteiger partial charge < -0.3 is 24.5 Å². The van der Waals surface area contributed by atoms with Gasteiger partial charge in [0, 0.05) is 25.7 Å². The van der Waals surface area contributed by atoms with Crippen LogP contribution in [0.3, 0.4) is 0 Å². The van der Waals surface area contributed by atoms with Crippen LogP contribution in [-0.2, 0) is 19.1 Å². The number of aliphatic hydroxyl groups excluding tert-OH is 1. The zero-order valence-electron chi connectivity index (χ0n) is 21.0. The largest absolute Gasteiger partial charge is 0.394 e. The molecule has 0 aromatic carbocycles. The lowest BCUT2D eigenvalue weighted by atomic mass is 9.77. The average Bonchev–Trinajstić information content (AvgIpc) is 3.12. The van der Waals surface area contributed by atoms with E-state index < -0.39 is 35.6 Å². The molecule has 0 saturated carbocycles. The minimum absolute atomic E-state index is 0.0190. The van der Waals surface area contributed by atoms with Gasteiger partial charge in [-0.2, -0.15) is 0 Å². The Kier molecular flexibility index (Phi) is 6.93. The quantitative estimate of drug-likeness (QED) is 0.567. The summed E-state index contributed by atoms with van der Waals surface area (Å²) in [4.78, 5) is 47.1. The van der Waals surface area contributed by atoms with Gasteiger partial charge in [0.25, 0.3) is 0 Å². The second-order valence-electron chi connectivity index (χ2n) is 10.4. The fourth-order valence-electron chi connectivity index (χ4n) is 6.25. The van der Waals surface area contributed by atoms with Gasteiger partial charge in [0.15, 0.2) is 0 Å². The van der Waals surface area contributed by atoms with Crippen molar-refractivity contribution in [3.05, 3.63) is 24.3 Å². The Hall–Kier alpha value is -2.19. The Labute approximate surface area is 202 Å². The summed E-state index contributed by atoms with van der Waals surface area (Å²) in [7, 11) is 0. The number of hydrogen-bond acceptors (Lipinski definition) is 5. The summed E-state index contributed by atoms with van der Waals surface area (Å²) in [6.07, 6.45) is 8.60. The van der Waals surface area contributed by atoms with Crippen molar-refractivity contribution < 1.29 is 24.2 Å². The highest BCUT2D eigenvalue weighted by Crippen LogP contribution is 2.54. The first-order chi connectivity index (χ1) is 16.2. The molecule has 4 aliphatic rings. The molecule has 2 fully saturated rings. The van der Waals surface area contributed by atoms with E-state index in [1.165, 1.54) is 0 Å². The van der Waals surface area contributed by atoms with Crippen LogP contribution in [0.15, 0.2) is 24.3 Å². The van der Waals surface area contributed by atoms with E-state index in [1.54, 1.807) is 14.7 Å². The van der Waals surface area contributed by atoms with Crippen LogP contribution in [0.2, 0.25) is 0 Å². The highest BCUT2D eigenvalue weighted by atomic mass is 16.5. The van der Waals surface area contributed by atoms with Gasteiger partial charge in [-0.1, -0.05) is 51.5 Å². The fraction of sp³-hybridized carbons (Fsp3) is 0.731. The lowest BCUT2D eigenvalue weighted by molar-refractivity contribution is -0.153. The minimum Gasteiger partial charge on any atom is -0.394 e. The Morgan fingerprint density at radius 1 is 1.09 bits per heavy atom. The molecule has 1 N–H and O–H groups in total. The normalized spacial score (nSPS) is 34.8. The molecular weight excluding hydrogens is 434 g/mol. The van der Waals surface area contributed by atoms with Gasteiger partial charge >= 0.3 is 0 Å². The van der Waals surface area contributed by atoms with Gasteiger partial charge in [0.2, 0.25) is 17.7 Å². The van der Waals surface area contributed by atoms with Crippen LogP contribution in [0.25, 0.3) is 0 Å². The molecule has 0 radical (unpaired) electrons. The van der Waals surface area contributed by atoms with E-state index in [-0.39, 0.29) is 36.3 Å². The summed E-state index contributed by atoms with van der Waals surface area (Å²) in [5.74, 6) is -2.05. The van der Waals surface area contributed by atoms with Crippen molar-refractivity contribution in [2.24, 2.45) is 17.8 Å². The van der Waals surface area contributed by atoms with E-state index in [0.717, 1.165) is 12.8 Å². The van der Waals surface area contributed by atoms with E-state index in [2.05, 4.69) is 0 Å². The zero-order chi connectivity index (χ0) is 24.8. The molecule has 7 atom stereocenters. The van der Waals surface area contributed by atoms with Crippen LogP contribution in [-0.4, -0.2) is 93.6 Å². The maximum atomic E-state index is 14.2. The number of fused-ring (bicyclic) bond motifs is 2. The first kappa shape index (κ1) is 24.9. The molecule has 0 aliphatic carbocycles. The number of rotatable bonds is 7. The number of likely N-dealkylation sites (tertiary alicyclic amines) is 1. The number of hydrogen-bond donors (Lipinski definition) is 1. The molecule has 188 valence electrons. The molecule has 4 aliphatic heterocycles. The monoisotopic (exact) mass is 473 g/mol. The van der Waals surface area contributed by atoms with Gasteiger partial charge in [-0.3, -0.25) is 14.4 Å². The third-order valence-corrected chi connectivity index (χ3v) is 8.17. The molecule has 34 heavy (non-hydrogen) atoms. The number of aliphatic hydroxyl groups is 1. The Bertz CT molecular complexity index is 886. The highest BCUT2D eigenvalue weighted by Gasteiger charge is 2.72. The first-order valence-corrected chi connectivity index (χ1v) is 12.8. The number of carbonyl (C=O) groups is 3. The van der Waals surface area contributed by atoms with Gasteiger partial charge in [-0.15, -0.1) is 0 Å². The smallest absolute Gasteiger partial charge is 0.249 e. The van der Waals surface area contributed by atoms with Gasteiger partial charge in [0.1, 0.15) is 11.6 Å². The van der Waals surface area contributed by atoms with Gasteiger partial charge in [0.05, 0.1) is 30.6 Å². The Morgan fingerprint density at radius 2 is 1.82 bits per heavy atom. The molecule has 1 spiro atoms. The van der Waals surface area contributed by atoms with Crippen LogP contribution in [0.5, 0.6) is 0 Å². The standard InChI is InChI=1S/C26H39N3O5/c1-6-12-27-13-8-10-19-20(23(27)31)21-24(32)29(18(15-30)17(5)7-2)22-25(33)28(16(3)4)14-9-11-26(21,22)34-19/h8-11,16-22,30H,6-7,12-15H2,1-5H3/t17-,18-,19-,20+,21-,22?,26-/m0/s1. The van der Waals surface area contributed by atoms with Crippen molar-refractivity contribution in [3.63, 3.8) is 0 Å². The van der Waals surface area contributed by atoms with E-state index in [4.69, 9.17) is 4.74 Å². The minimum atomic E-state index is -1.23. The van der Waals surface area contributed by atoms with Crippen LogP contribution >= 0.6 is 0 Å². The van der Waals surface area contributed by atoms with Gasteiger partial charge in [-0.05, 0) is 26.2 Å². The second-order valence-corrected chi connectivity index (χ2v) is 10.4.